The minimum atomic E-state index is 0.403. The van der Waals surface area contributed by atoms with Gasteiger partial charge < -0.3 is 14.2 Å². The van der Waals surface area contributed by atoms with Gasteiger partial charge in [0.1, 0.15) is 11.6 Å². The number of aromatic nitrogens is 5. The first-order chi connectivity index (χ1) is 13.2. The molecule has 0 unspecified atom stereocenters. The van der Waals surface area contributed by atoms with Gasteiger partial charge in [0, 0.05) is 32.0 Å². The van der Waals surface area contributed by atoms with E-state index in [2.05, 4.69) is 43.5 Å². The summed E-state index contributed by atoms with van der Waals surface area (Å²) < 4.78 is 8.14. The molecular weight excluding hydrogens is 340 g/mol. The molecule has 2 aromatic rings. The molecule has 0 amide bonds. The number of rotatable bonds is 5. The van der Waals surface area contributed by atoms with Crippen LogP contribution in [0.1, 0.15) is 63.5 Å². The quantitative estimate of drug-likeness (QED) is 0.805. The fraction of sp³-hybridized carbons (Fsp3) is 0.700. The molecular formula is C20H30N6O. The Labute approximate surface area is 161 Å². The highest BCUT2D eigenvalue weighted by atomic mass is 16.5. The van der Waals surface area contributed by atoms with Crippen molar-refractivity contribution in [2.75, 3.05) is 24.6 Å². The summed E-state index contributed by atoms with van der Waals surface area (Å²) in [7, 11) is 0. The molecule has 2 aliphatic heterocycles. The molecule has 1 fully saturated rings. The SMILES string of the molecule is CC(C)COc1cncc(N2CCC[C@H](c3nnc4n3CCCCC4)C2)n1. The fourth-order valence-electron chi connectivity index (χ4n) is 4.02. The van der Waals surface area contributed by atoms with Gasteiger partial charge in [0.25, 0.3) is 0 Å². The van der Waals surface area contributed by atoms with E-state index in [1.807, 2.05) is 6.20 Å². The monoisotopic (exact) mass is 370 g/mol. The first kappa shape index (κ1) is 18.2. The minimum Gasteiger partial charge on any atom is -0.476 e. The Hall–Kier alpha value is -2.18. The van der Waals surface area contributed by atoms with Crippen LogP contribution in [0, 0.1) is 5.92 Å². The molecule has 27 heavy (non-hydrogen) atoms. The van der Waals surface area contributed by atoms with Crippen LogP contribution in [0.25, 0.3) is 0 Å². The van der Waals surface area contributed by atoms with Crippen molar-refractivity contribution in [2.24, 2.45) is 5.92 Å². The van der Waals surface area contributed by atoms with E-state index >= 15 is 0 Å². The number of anilines is 1. The lowest BCUT2D eigenvalue weighted by Gasteiger charge is -2.33. The van der Waals surface area contributed by atoms with Gasteiger partial charge in [-0.3, -0.25) is 4.98 Å². The summed E-state index contributed by atoms with van der Waals surface area (Å²) in [4.78, 5) is 11.4. The second-order valence-electron chi connectivity index (χ2n) is 8.14. The zero-order chi connectivity index (χ0) is 18.6. The van der Waals surface area contributed by atoms with Gasteiger partial charge in [0.15, 0.2) is 5.82 Å². The summed E-state index contributed by atoms with van der Waals surface area (Å²) >= 11 is 0. The third-order valence-corrected chi connectivity index (χ3v) is 5.41. The summed E-state index contributed by atoms with van der Waals surface area (Å²) in [6.45, 7) is 7.90. The lowest BCUT2D eigenvalue weighted by atomic mass is 9.97. The third-order valence-electron chi connectivity index (χ3n) is 5.41. The zero-order valence-corrected chi connectivity index (χ0v) is 16.5. The molecule has 0 bridgehead atoms. The van der Waals surface area contributed by atoms with Crippen molar-refractivity contribution < 1.29 is 4.74 Å². The lowest BCUT2D eigenvalue weighted by Crippen LogP contribution is -2.36. The Morgan fingerprint density at radius 1 is 1.11 bits per heavy atom. The van der Waals surface area contributed by atoms with Crippen molar-refractivity contribution >= 4 is 5.82 Å². The van der Waals surface area contributed by atoms with Gasteiger partial charge in [0.05, 0.1) is 19.0 Å². The van der Waals surface area contributed by atoms with Crippen LogP contribution in [-0.2, 0) is 13.0 Å². The molecule has 146 valence electrons. The number of aryl methyl sites for hydroxylation is 1. The summed E-state index contributed by atoms with van der Waals surface area (Å²) in [6.07, 6.45) is 10.6. The van der Waals surface area contributed by atoms with Crippen LogP contribution in [0.5, 0.6) is 5.88 Å². The number of piperidine rings is 1. The molecule has 0 aromatic carbocycles. The van der Waals surface area contributed by atoms with Crippen molar-refractivity contribution in [3.8, 4) is 5.88 Å². The normalized spacial score (nSPS) is 20.4. The molecule has 0 radical (unpaired) electrons. The molecule has 1 saturated heterocycles. The Kier molecular flexibility index (Phi) is 5.55. The van der Waals surface area contributed by atoms with Crippen molar-refractivity contribution in [1.82, 2.24) is 24.7 Å². The molecule has 0 N–H and O–H groups in total. The van der Waals surface area contributed by atoms with Crippen LogP contribution in [0.4, 0.5) is 5.82 Å². The minimum absolute atomic E-state index is 0.403. The van der Waals surface area contributed by atoms with Gasteiger partial charge in [0.2, 0.25) is 5.88 Å². The van der Waals surface area contributed by atoms with Gasteiger partial charge >= 0.3 is 0 Å². The first-order valence-electron chi connectivity index (χ1n) is 10.3. The van der Waals surface area contributed by atoms with E-state index in [-0.39, 0.29) is 0 Å². The molecule has 7 nitrogen and oxygen atoms in total. The first-order valence-corrected chi connectivity index (χ1v) is 10.3. The molecule has 0 spiro atoms. The Balaban J connectivity index is 1.49. The lowest BCUT2D eigenvalue weighted by molar-refractivity contribution is 0.260. The van der Waals surface area contributed by atoms with Crippen molar-refractivity contribution in [2.45, 2.75) is 64.8 Å². The van der Waals surface area contributed by atoms with Crippen LogP contribution < -0.4 is 9.64 Å². The molecule has 1 atom stereocenters. The Morgan fingerprint density at radius 2 is 2.04 bits per heavy atom. The second kappa shape index (κ2) is 8.23. The summed E-state index contributed by atoms with van der Waals surface area (Å²) in [5.41, 5.74) is 0. The summed E-state index contributed by atoms with van der Waals surface area (Å²) in [6, 6.07) is 0. The topological polar surface area (TPSA) is 69.0 Å². The Bertz CT molecular complexity index is 759. The smallest absolute Gasteiger partial charge is 0.234 e. The van der Waals surface area contributed by atoms with E-state index in [1.165, 1.54) is 25.1 Å². The highest BCUT2D eigenvalue weighted by Crippen LogP contribution is 2.30. The van der Waals surface area contributed by atoms with E-state index < -0.39 is 0 Å². The van der Waals surface area contributed by atoms with E-state index in [0.717, 1.165) is 50.5 Å². The fourth-order valence-corrected chi connectivity index (χ4v) is 4.02. The zero-order valence-electron chi connectivity index (χ0n) is 16.5. The number of hydrogen-bond acceptors (Lipinski definition) is 6. The van der Waals surface area contributed by atoms with E-state index in [0.29, 0.717) is 24.3 Å². The highest BCUT2D eigenvalue weighted by Gasteiger charge is 2.28. The maximum atomic E-state index is 5.76. The van der Waals surface area contributed by atoms with Gasteiger partial charge in [-0.2, -0.15) is 4.98 Å². The highest BCUT2D eigenvalue weighted by molar-refractivity contribution is 5.39. The number of hydrogen-bond donors (Lipinski definition) is 0. The average Bonchev–Trinajstić information content (AvgIpc) is 2.95. The molecule has 4 heterocycles. The molecule has 7 heteroatoms. The van der Waals surface area contributed by atoms with Crippen LogP contribution in [-0.4, -0.2) is 44.4 Å². The van der Waals surface area contributed by atoms with Gasteiger partial charge in [-0.1, -0.05) is 20.3 Å². The second-order valence-corrected chi connectivity index (χ2v) is 8.14. The summed E-state index contributed by atoms with van der Waals surface area (Å²) in [5.74, 6) is 4.72. The number of ether oxygens (including phenoxy) is 1. The predicted octanol–water partition coefficient (Wildman–Crippen LogP) is 3.21. The maximum Gasteiger partial charge on any atom is 0.234 e. The molecule has 4 rings (SSSR count). The van der Waals surface area contributed by atoms with Crippen LogP contribution in [0.15, 0.2) is 12.4 Å². The van der Waals surface area contributed by atoms with E-state index in [4.69, 9.17) is 4.74 Å². The molecule has 0 aliphatic carbocycles. The number of nitrogens with zero attached hydrogens (tertiary/aromatic N) is 6. The maximum absolute atomic E-state index is 5.76. The van der Waals surface area contributed by atoms with Crippen molar-refractivity contribution in [3.63, 3.8) is 0 Å². The molecule has 2 aliphatic rings. The van der Waals surface area contributed by atoms with Crippen molar-refractivity contribution in [3.05, 3.63) is 24.0 Å². The standard InChI is InChI=1S/C20H30N6O/c1-15(2)14-27-19-12-21-11-18(22-19)25-9-6-7-16(13-25)20-24-23-17-8-4-3-5-10-26(17)20/h11-12,15-16H,3-10,13-14H2,1-2H3/t16-/m0/s1. The largest absolute Gasteiger partial charge is 0.476 e. The van der Waals surface area contributed by atoms with Gasteiger partial charge in [-0.15, -0.1) is 10.2 Å². The third kappa shape index (κ3) is 4.22. The molecule has 0 saturated carbocycles. The van der Waals surface area contributed by atoms with Gasteiger partial charge in [-0.05, 0) is 31.6 Å². The number of fused-ring (bicyclic) bond motifs is 1. The Morgan fingerprint density at radius 3 is 2.93 bits per heavy atom. The van der Waals surface area contributed by atoms with Crippen LogP contribution in [0.2, 0.25) is 0 Å². The predicted molar refractivity (Wildman–Crippen MR) is 104 cm³/mol. The van der Waals surface area contributed by atoms with Crippen molar-refractivity contribution in [1.29, 1.82) is 0 Å². The van der Waals surface area contributed by atoms with E-state index in [1.54, 1.807) is 6.20 Å². The molecule has 2 aromatic heterocycles. The van der Waals surface area contributed by atoms with E-state index in [9.17, 15) is 0 Å². The van der Waals surface area contributed by atoms with Crippen LogP contribution in [0.3, 0.4) is 0 Å². The van der Waals surface area contributed by atoms with Gasteiger partial charge in [-0.25, -0.2) is 0 Å². The average molecular weight is 371 g/mol. The van der Waals surface area contributed by atoms with Crippen LogP contribution >= 0.6 is 0 Å². The summed E-state index contributed by atoms with van der Waals surface area (Å²) in [5, 5.41) is 9.07.